The average molecular weight is 588 g/mol. The molecule has 1 amide bonds. The normalized spacial score (nSPS) is 11.5. The minimum absolute atomic E-state index is 0.241. The van der Waals surface area contributed by atoms with Crippen LogP contribution >= 0.6 is 11.5 Å². The van der Waals surface area contributed by atoms with Crippen LogP contribution in [0.15, 0.2) is 85.2 Å². The standard InChI is InChI=1S/C31H23F2N3O5S/c1-17-27(35-31(39)40-18(2)19-6-4-3-5-7-19)29(42-36-17)21-10-8-20(9-11-21)22-14-24(32)28(25(33)15-22)41-26-12-13-34-16-23(26)30(37)38/h3-16,18H,1-2H3,(H,35,39)(H,37,38)/t18-/m1/s1. The molecule has 1 atom stereocenters. The number of benzene rings is 3. The van der Waals surface area contributed by atoms with Gasteiger partial charge in [-0.1, -0.05) is 54.6 Å². The smallest absolute Gasteiger partial charge is 0.412 e. The quantitative estimate of drug-likeness (QED) is 0.188. The van der Waals surface area contributed by atoms with Crippen LogP contribution in [-0.4, -0.2) is 26.5 Å². The second-order valence-electron chi connectivity index (χ2n) is 9.18. The molecule has 2 heterocycles. The summed E-state index contributed by atoms with van der Waals surface area (Å²) >= 11 is 1.20. The van der Waals surface area contributed by atoms with E-state index in [1.54, 1.807) is 38.1 Å². The van der Waals surface area contributed by atoms with Gasteiger partial charge in [-0.3, -0.25) is 10.3 Å². The van der Waals surface area contributed by atoms with Crippen LogP contribution in [0.25, 0.3) is 21.6 Å². The number of carboxylic acids is 1. The third kappa shape index (κ3) is 6.11. The largest absolute Gasteiger partial charge is 0.477 e. The number of pyridine rings is 1. The Labute approximate surface area is 243 Å². The van der Waals surface area contributed by atoms with Gasteiger partial charge in [0.2, 0.25) is 0 Å². The Hall–Kier alpha value is -5.16. The Kier molecular flexibility index (Phi) is 8.21. The van der Waals surface area contributed by atoms with Gasteiger partial charge in [0.1, 0.15) is 17.4 Å². The molecule has 2 N–H and O–H groups in total. The summed E-state index contributed by atoms with van der Waals surface area (Å²) in [6, 6.07) is 19.6. The first-order valence-corrected chi connectivity index (χ1v) is 13.4. The molecule has 2 aromatic heterocycles. The number of anilines is 1. The fraction of sp³-hybridized carbons (Fsp3) is 0.0968. The number of halogens is 2. The van der Waals surface area contributed by atoms with Gasteiger partial charge < -0.3 is 14.6 Å². The van der Waals surface area contributed by atoms with Gasteiger partial charge in [0.05, 0.1) is 16.3 Å². The van der Waals surface area contributed by atoms with Crippen molar-refractivity contribution in [3.05, 3.63) is 114 Å². The van der Waals surface area contributed by atoms with Crippen LogP contribution in [0.5, 0.6) is 11.5 Å². The van der Waals surface area contributed by atoms with Crippen LogP contribution in [0, 0.1) is 18.6 Å². The number of carboxylic acid groups (broad SMARTS) is 1. The number of nitrogens with one attached hydrogen (secondary N) is 1. The van der Waals surface area contributed by atoms with Gasteiger partial charge in [0, 0.05) is 18.5 Å². The Morgan fingerprint density at radius 1 is 0.952 bits per heavy atom. The highest BCUT2D eigenvalue weighted by molar-refractivity contribution is 7.10. The molecular weight excluding hydrogens is 564 g/mol. The third-order valence-corrected chi connectivity index (χ3v) is 7.33. The molecule has 8 nitrogen and oxygen atoms in total. The van der Waals surface area contributed by atoms with E-state index in [9.17, 15) is 23.5 Å². The first-order chi connectivity index (χ1) is 20.2. The van der Waals surface area contributed by atoms with Crippen molar-refractivity contribution in [2.45, 2.75) is 20.0 Å². The van der Waals surface area contributed by atoms with E-state index in [0.717, 1.165) is 29.5 Å². The zero-order chi connectivity index (χ0) is 29.8. The number of aromatic nitrogens is 2. The number of rotatable bonds is 8. The summed E-state index contributed by atoms with van der Waals surface area (Å²) in [5, 5.41) is 12.1. The minimum atomic E-state index is -1.34. The van der Waals surface area contributed by atoms with Gasteiger partial charge in [-0.2, -0.15) is 4.37 Å². The van der Waals surface area contributed by atoms with E-state index < -0.39 is 35.6 Å². The van der Waals surface area contributed by atoms with Crippen LogP contribution in [-0.2, 0) is 4.74 Å². The first-order valence-electron chi connectivity index (χ1n) is 12.6. The van der Waals surface area contributed by atoms with Crippen molar-refractivity contribution in [1.82, 2.24) is 9.36 Å². The van der Waals surface area contributed by atoms with Crippen molar-refractivity contribution >= 4 is 29.3 Å². The zero-order valence-corrected chi connectivity index (χ0v) is 23.1. The highest BCUT2D eigenvalue weighted by atomic mass is 32.1. The number of aryl methyl sites for hydroxylation is 1. The molecule has 0 unspecified atom stereocenters. The van der Waals surface area contributed by atoms with E-state index >= 15 is 0 Å². The number of hydrogen-bond donors (Lipinski definition) is 2. The summed E-state index contributed by atoms with van der Waals surface area (Å²) in [6.07, 6.45) is 1.21. The number of nitrogens with zero attached hydrogens (tertiary/aromatic N) is 2. The molecule has 0 fully saturated rings. The molecule has 11 heteroatoms. The van der Waals surface area contributed by atoms with Gasteiger partial charge >= 0.3 is 12.1 Å². The fourth-order valence-corrected chi connectivity index (χ4v) is 5.03. The zero-order valence-electron chi connectivity index (χ0n) is 22.3. The van der Waals surface area contributed by atoms with Gasteiger partial charge in [0.25, 0.3) is 0 Å². The lowest BCUT2D eigenvalue weighted by atomic mass is 10.0. The third-order valence-electron chi connectivity index (χ3n) is 6.34. The summed E-state index contributed by atoms with van der Waals surface area (Å²) in [5.74, 6) is -4.32. The lowest BCUT2D eigenvalue weighted by molar-refractivity contribution is 0.0693. The van der Waals surface area contributed by atoms with E-state index in [4.69, 9.17) is 9.47 Å². The van der Waals surface area contributed by atoms with Crippen molar-refractivity contribution in [3.63, 3.8) is 0 Å². The van der Waals surface area contributed by atoms with E-state index in [1.807, 2.05) is 30.3 Å². The van der Waals surface area contributed by atoms with E-state index in [2.05, 4.69) is 14.7 Å². The predicted octanol–water partition coefficient (Wildman–Crippen LogP) is 8.26. The second-order valence-corrected chi connectivity index (χ2v) is 9.95. The topological polar surface area (TPSA) is 111 Å². The van der Waals surface area contributed by atoms with Crippen molar-refractivity contribution in [1.29, 1.82) is 0 Å². The molecule has 5 rings (SSSR count). The monoisotopic (exact) mass is 587 g/mol. The molecule has 0 spiro atoms. The van der Waals surface area contributed by atoms with Gasteiger partial charge in [-0.15, -0.1) is 0 Å². The van der Waals surface area contributed by atoms with Crippen molar-refractivity contribution in [2.75, 3.05) is 5.32 Å². The number of aromatic carboxylic acids is 1. The number of carbonyl (C=O) groups excluding carboxylic acids is 1. The van der Waals surface area contributed by atoms with Gasteiger partial charge in [0.15, 0.2) is 17.4 Å². The van der Waals surface area contributed by atoms with Crippen LogP contribution in [0.3, 0.4) is 0 Å². The molecule has 0 saturated heterocycles. The average Bonchev–Trinajstić information content (AvgIpc) is 3.34. The van der Waals surface area contributed by atoms with E-state index in [1.165, 1.54) is 23.8 Å². The van der Waals surface area contributed by atoms with E-state index in [-0.39, 0.29) is 16.9 Å². The molecule has 212 valence electrons. The highest BCUT2D eigenvalue weighted by Gasteiger charge is 2.20. The lowest BCUT2D eigenvalue weighted by Crippen LogP contribution is -2.16. The Balaban J connectivity index is 1.34. The summed E-state index contributed by atoms with van der Waals surface area (Å²) in [6.45, 7) is 3.55. The SMILES string of the molecule is Cc1nsc(-c2ccc(-c3cc(F)c(Oc4ccncc4C(=O)O)c(F)c3)cc2)c1NC(=O)O[C@H](C)c1ccccc1. The van der Waals surface area contributed by atoms with Gasteiger partial charge in [-0.05, 0) is 59.8 Å². The molecule has 0 radical (unpaired) electrons. The van der Waals surface area contributed by atoms with Crippen LogP contribution < -0.4 is 10.1 Å². The lowest BCUT2D eigenvalue weighted by Gasteiger charge is -2.15. The molecular formula is C31H23F2N3O5S. The molecule has 5 aromatic rings. The number of carbonyl (C=O) groups is 2. The summed E-state index contributed by atoms with van der Waals surface area (Å²) in [4.78, 5) is 28.4. The maximum Gasteiger partial charge on any atom is 0.412 e. The van der Waals surface area contributed by atoms with Crippen LogP contribution in [0.2, 0.25) is 0 Å². The Morgan fingerprint density at radius 3 is 2.29 bits per heavy atom. The molecule has 0 aliphatic heterocycles. The second kappa shape index (κ2) is 12.1. The van der Waals surface area contributed by atoms with Crippen molar-refractivity contribution in [3.8, 4) is 33.1 Å². The molecule has 0 aliphatic carbocycles. The number of amides is 1. The van der Waals surface area contributed by atoms with Crippen LogP contribution in [0.1, 0.15) is 34.6 Å². The number of hydrogen-bond acceptors (Lipinski definition) is 7. The minimum Gasteiger partial charge on any atom is -0.477 e. The summed E-state index contributed by atoms with van der Waals surface area (Å²) < 4.78 is 45.1. The summed E-state index contributed by atoms with van der Waals surface area (Å²) in [5.41, 5.74) is 3.15. The molecule has 0 bridgehead atoms. The van der Waals surface area contributed by atoms with E-state index in [0.29, 0.717) is 21.8 Å². The Morgan fingerprint density at radius 2 is 1.62 bits per heavy atom. The van der Waals surface area contributed by atoms with Crippen molar-refractivity contribution in [2.24, 2.45) is 0 Å². The molecule has 3 aromatic carbocycles. The highest BCUT2D eigenvalue weighted by Crippen LogP contribution is 2.37. The fourth-order valence-electron chi connectivity index (χ4n) is 4.18. The Bertz CT molecular complexity index is 1740. The summed E-state index contributed by atoms with van der Waals surface area (Å²) in [7, 11) is 0. The molecule has 0 saturated carbocycles. The predicted molar refractivity (Wildman–Crippen MR) is 154 cm³/mol. The van der Waals surface area contributed by atoms with Gasteiger partial charge in [-0.25, -0.2) is 18.4 Å². The molecule has 42 heavy (non-hydrogen) atoms. The maximum absolute atomic E-state index is 14.9. The molecule has 0 aliphatic rings. The maximum atomic E-state index is 14.9. The van der Waals surface area contributed by atoms with Crippen molar-refractivity contribution < 1.29 is 33.0 Å². The number of ether oxygens (including phenoxy) is 2. The first kappa shape index (κ1) is 28.4. The van der Waals surface area contributed by atoms with Crippen LogP contribution in [0.4, 0.5) is 19.3 Å².